The lowest BCUT2D eigenvalue weighted by Gasteiger charge is -2.06. The molecule has 0 aliphatic carbocycles. The lowest BCUT2D eigenvalue weighted by molar-refractivity contribution is 0.262. The Bertz CT molecular complexity index is 528. The highest BCUT2D eigenvalue weighted by atomic mass is 35.5. The van der Waals surface area contributed by atoms with Gasteiger partial charge >= 0.3 is 6.03 Å². The van der Waals surface area contributed by atoms with Crippen LogP contribution in [0.2, 0.25) is 10.0 Å². The molecule has 0 saturated carbocycles. The zero-order chi connectivity index (χ0) is 12.3. The van der Waals surface area contributed by atoms with E-state index in [0.717, 1.165) is 0 Å². The fraction of sp³-hybridized carbons (Fsp3) is 0. The van der Waals surface area contributed by atoms with Crippen LogP contribution in [0.25, 0.3) is 0 Å². The van der Waals surface area contributed by atoms with Gasteiger partial charge in [-0.25, -0.2) is 9.89 Å². The van der Waals surface area contributed by atoms with Gasteiger partial charge in [-0.15, -0.1) is 0 Å². The molecule has 0 spiro atoms. The van der Waals surface area contributed by atoms with Gasteiger partial charge < -0.3 is 5.32 Å². The van der Waals surface area contributed by atoms with Crippen LogP contribution in [0.15, 0.2) is 24.5 Å². The molecule has 0 unspecified atom stereocenters. The largest absolute Gasteiger partial charge is 0.326 e. The van der Waals surface area contributed by atoms with Gasteiger partial charge in [0.1, 0.15) is 6.33 Å². The maximum Gasteiger partial charge on any atom is 0.326 e. The molecular formula is C9H7Cl2N5O. The van der Waals surface area contributed by atoms with Gasteiger partial charge in [0.05, 0.1) is 10.0 Å². The third-order valence-corrected chi connectivity index (χ3v) is 2.56. The number of anilines is 2. The van der Waals surface area contributed by atoms with Crippen LogP contribution in [0.3, 0.4) is 0 Å². The number of nitrogens with zero attached hydrogens (tertiary/aromatic N) is 2. The monoisotopic (exact) mass is 271 g/mol. The molecule has 8 heteroatoms. The minimum atomic E-state index is -0.458. The van der Waals surface area contributed by atoms with E-state index in [4.69, 9.17) is 23.2 Å². The molecule has 0 aliphatic heterocycles. The summed E-state index contributed by atoms with van der Waals surface area (Å²) in [6, 6.07) is 4.31. The van der Waals surface area contributed by atoms with Crippen LogP contribution in [-0.2, 0) is 0 Å². The van der Waals surface area contributed by atoms with Crippen molar-refractivity contribution < 1.29 is 4.79 Å². The summed E-state index contributed by atoms with van der Waals surface area (Å²) in [6.45, 7) is 0. The molecular weight excluding hydrogens is 265 g/mol. The number of halogens is 2. The maximum atomic E-state index is 11.5. The van der Waals surface area contributed by atoms with E-state index in [9.17, 15) is 4.79 Å². The normalized spacial score (nSPS) is 10.0. The van der Waals surface area contributed by atoms with Gasteiger partial charge in [0, 0.05) is 5.69 Å². The number of H-pyrrole nitrogens is 1. The van der Waals surface area contributed by atoms with Crippen molar-refractivity contribution in [2.75, 3.05) is 10.6 Å². The van der Waals surface area contributed by atoms with Crippen LogP contribution in [0, 0.1) is 0 Å². The second kappa shape index (κ2) is 5.03. The number of carbonyl (C=O) groups is 1. The Morgan fingerprint density at radius 3 is 2.71 bits per heavy atom. The average molecular weight is 272 g/mol. The number of carbonyl (C=O) groups excluding carboxylic acids is 1. The highest BCUT2D eigenvalue weighted by Gasteiger charge is 2.05. The molecule has 3 N–H and O–H groups in total. The summed E-state index contributed by atoms with van der Waals surface area (Å²) >= 11 is 11.6. The van der Waals surface area contributed by atoms with E-state index < -0.39 is 6.03 Å². The Morgan fingerprint density at radius 1 is 1.24 bits per heavy atom. The molecule has 2 aromatic rings. The number of benzene rings is 1. The van der Waals surface area contributed by atoms with Gasteiger partial charge in [-0.05, 0) is 18.2 Å². The van der Waals surface area contributed by atoms with E-state index >= 15 is 0 Å². The van der Waals surface area contributed by atoms with Crippen molar-refractivity contribution in [2.45, 2.75) is 0 Å². The molecule has 0 bridgehead atoms. The lowest BCUT2D eigenvalue weighted by atomic mass is 10.3. The molecule has 0 atom stereocenters. The minimum absolute atomic E-state index is 0.252. The van der Waals surface area contributed by atoms with Crippen molar-refractivity contribution in [1.82, 2.24) is 15.2 Å². The summed E-state index contributed by atoms with van der Waals surface area (Å²) in [5, 5.41) is 11.9. The molecule has 6 nitrogen and oxygen atoms in total. The van der Waals surface area contributed by atoms with Crippen molar-refractivity contribution in [2.24, 2.45) is 0 Å². The Hall–Kier alpha value is -1.79. The molecule has 0 saturated heterocycles. The fourth-order valence-electron chi connectivity index (χ4n) is 1.11. The number of aromatic nitrogens is 3. The van der Waals surface area contributed by atoms with Crippen LogP contribution in [0.5, 0.6) is 0 Å². The molecule has 1 heterocycles. The number of aromatic amines is 1. The summed E-state index contributed by atoms with van der Waals surface area (Å²) < 4.78 is 0. The predicted molar refractivity (Wildman–Crippen MR) is 65.5 cm³/mol. The molecule has 0 fully saturated rings. The molecule has 88 valence electrons. The first-order valence-corrected chi connectivity index (χ1v) is 5.29. The predicted octanol–water partition coefficient (Wildman–Crippen LogP) is 2.76. The number of rotatable bonds is 2. The first-order valence-electron chi connectivity index (χ1n) is 4.53. The third kappa shape index (κ3) is 3.08. The molecule has 1 aromatic carbocycles. The smallest absolute Gasteiger partial charge is 0.308 e. The van der Waals surface area contributed by atoms with Gasteiger partial charge in [0.25, 0.3) is 0 Å². The minimum Gasteiger partial charge on any atom is -0.308 e. The summed E-state index contributed by atoms with van der Waals surface area (Å²) in [6.07, 6.45) is 1.29. The standard InChI is InChI=1S/C9H7Cl2N5O/c10-6-2-1-5(3-7(6)11)14-9(17)15-8-12-4-13-16-8/h1-4H,(H3,12,13,14,15,16,17). The molecule has 17 heavy (non-hydrogen) atoms. The van der Waals surface area contributed by atoms with E-state index in [2.05, 4.69) is 25.8 Å². The van der Waals surface area contributed by atoms with Crippen LogP contribution in [0.4, 0.5) is 16.4 Å². The van der Waals surface area contributed by atoms with Gasteiger partial charge in [-0.1, -0.05) is 23.2 Å². The van der Waals surface area contributed by atoms with Crippen LogP contribution >= 0.6 is 23.2 Å². The Balaban J connectivity index is 2.00. The van der Waals surface area contributed by atoms with Gasteiger partial charge in [0.2, 0.25) is 5.95 Å². The van der Waals surface area contributed by atoms with Crippen molar-refractivity contribution in [3.8, 4) is 0 Å². The summed E-state index contributed by atoms with van der Waals surface area (Å²) in [7, 11) is 0. The number of urea groups is 1. The Labute approximate surface area is 106 Å². The lowest BCUT2D eigenvalue weighted by Crippen LogP contribution is -2.20. The van der Waals surface area contributed by atoms with Crippen LogP contribution in [-0.4, -0.2) is 21.2 Å². The summed E-state index contributed by atoms with van der Waals surface area (Å²) in [4.78, 5) is 15.2. The van der Waals surface area contributed by atoms with Gasteiger partial charge in [-0.2, -0.15) is 10.1 Å². The zero-order valence-electron chi connectivity index (χ0n) is 8.37. The molecule has 0 aliphatic rings. The summed E-state index contributed by atoms with van der Waals surface area (Å²) in [5.74, 6) is 0.252. The number of hydrogen-bond acceptors (Lipinski definition) is 3. The van der Waals surface area contributed by atoms with Gasteiger partial charge in [-0.3, -0.25) is 5.32 Å². The van der Waals surface area contributed by atoms with Crippen molar-refractivity contribution in [3.63, 3.8) is 0 Å². The molecule has 2 rings (SSSR count). The number of amides is 2. The topological polar surface area (TPSA) is 82.7 Å². The average Bonchev–Trinajstić information content (AvgIpc) is 2.76. The zero-order valence-corrected chi connectivity index (χ0v) is 9.88. The van der Waals surface area contributed by atoms with E-state index in [0.29, 0.717) is 15.7 Å². The Morgan fingerprint density at radius 2 is 2.06 bits per heavy atom. The van der Waals surface area contributed by atoms with Crippen molar-refractivity contribution >= 4 is 40.9 Å². The van der Waals surface area contributed by atoms with E-state index in [1.807, 2.05) is 0 Å². The molecule has 1 aromatic heterocycles. The highest BCUT2D eigenvalue weighted by Crippen LogP contribution is 2.24. The molecule has 0 radical (unpaired) electrons. The van der Waals surface area contributed by atoms with Crippen LogP contribution < -0.4 is 10.6 Å². The second-order valence-electron chi connectivity index (χ2n) is 3.04. The number of hydrogen-bond donors (Lipinski definition) is 3. The quantitative estimate of drug-likeness (QED) is 0.786. The first-order chi connectivity index (χ1) is 8.15. The Kier molecular flexibility index (Phi) is 3.46. The van der Waals surface area contributed by atoms with Crippen LogP contribution in [0.1, 0.15) is 0 Å². The fourth-order valence-corrected chi connectivity index (χ4v) is 1.41. The summed E-state index contributed by atoms with van der Waals surface area (Å²) in [5.41, 5.74) is 0.524. The number of nitrogens with one attached hydrogen (secondary N) is 3. The molecule has 2 amide bonds. The SMILES string of the molecule is O=C(Nc1ccc(Cl)c(Cl)c1)Nc1ncn[nH]1. The van der Waals surface area contributed by atoms with Gasteiger partial charge in [0.15, 0.2) is 0 Å². The third-order valence-electron chi connectivity index (χ3n) is 1.82. The second-order valence-corrected chi connectivity index (χ2v) is 3.86. The van der Waals surface area contributed by atoms with E-state index in [-0.39, 0.29) is 5.95 Å². The highest BCUT2D eigenvalue weighted by molar-refractivity contribution is 6.42. The van der Waals surface area contributed by atoms with Crippen molar-refractivity contribution in [1.29, 1.82) is 0 Å². The van der Waals surface area contributed by atoms with Crippen molar-refractivity contribution in [3.05, 3.63) is 34.6 Å². The van der Waals surface area contributed by atoms with E-state index in [1.165, 1.54) is 6.33 Å². The maximum absolute atomic E-state index is 11.5. The first kappa shape index (κ1) is 11.7. The van der Waals surface area contributed by atoms with E-state index in [1.54, 1.807) is 18.2 Å².